The largest absolute Gasteiger partial charge is 0.493 e. The van der Waals surface area contributed by atoms with E-state index in [2.05, 4.69) is 0 Å². The Bertz CT molecular complexity index is 2330. The van der Waals surface area contributed by atoms with Crippen LogP contribution in [0.2, 0.25) is 0 Å². The fraction of sp³-hybridized carbons (Fsp3) is 0.120. The quantitative estimate of drug-likeness (QED) is 0.0525. The third-order valence-electron chi connectivity index (χ3n) is 9.33. The molecule has 0 aliphatic rings. The van der Waals surface area contributed by atoms with Crippen molar-refractivity contribution in [3.8, 4) is 34.5 Å². The first kappa shape index (κ1) is 45.0. The second kappa shape index (κ2) is 22.3. The van der Waals surface area contributed by atoms with E-state index in [0.29, 0.717) is 34.5 Å². The third kappa shape index (κ3) is 12.4. The van der Waals surface area contributed by atoms with Crippen LogP contribution in [-0.2, 0) is 0 Å². The van der Waals surface area contributed by atoms with Gasteiger partial charge in [-0.15, -0.1) is 0 Å². The fourth-order valence-electron chi connectivity index (χ4n) is 6.02. The van der Waals surface area contributed by atoms with Gasteiger partial charge in [-0.2, -0.15) is 0 Å². The van der Waals surface area contributed by atoms with Crippen molar-refractivity contribution in [1.29, 1.82) is 0 Å². The highest BCUT2D eigenvalue weighted by molar-refractivity contribution is 5.76. The molecule has 316 valence electrons. The smallest absolute Gasteiger partial charge is 0.269 e. The normalized spacial score (nSPS) is 11.1. The van der Waals surface area contributed by atoms with Crippen molar-refractivity contribution in [3.63, 3.8) is 0 Å². The van der Waals surface area contributed by atoms with Gasteiger partial charge < -0.3 is 28.4 Å². The SMILES string of the molecule is COc1cc(/C=C/c2ccc(/C=C/c3ccc([N+](=O)[O-])cc3)cc2)cc(OC)c1OC.COc1cc(/C=C/c2ccc(/C=C/c3ccc([N+](=O)[O-])cc3)cc2)cc(OC)c1OC. The highest BCUT2D eigenvalue weighted by Crippen LogP contribution is 2.40. The van der Waals surface area contributed by atoms with E-state index in [1.807, 2.05) is 121 Å². The van der Waals surface area contributed by atoms with Crippen LogP contribution in [-0.4, -0.2) is 52.5 Å². The minimum absolute atomic E-state index is 0.0837. The molecule has 62 heavy (non-hydrogen) atoms. The first-order valence-corrected chi connectivity index (χ1v) is 19.1. The molecular weight excluding hydrogens is 789 g/mol. The zero-order valence-corrected chi connectivity index (χ0v) is 35.1. The zero-order valence-electron chi connectivity index (χ0n) is 35.1. The molecule has 0 spiro atoms. The Morgan fingerprint density at radius 2 is 0.516 bits per heavy atom. The summed E-state index contributed by atoms with van der Waals surface area (Å²) in [6, 6.07) is 36.6. The Kier molecular flexibility index (Phi) is 16.2. The molecule has 0 aliphatic carbocycles. The number of nitrogens with zero attached hydrogens (tertiary/aromatic N) is 2. The van der Waals surface area contributed by atoms with Crippen LogP contribution in [0.1, 0.15) is 44.5 Å². The molecule has 0 aromatic heterocycles. The molecule has 0 atom stereocenters. The lowest BCUT2D eigenvalue weighted by Crippen LogP contribution is -1.95. The summed E-state index contributed by atoms with van der Waals surface area (Å²) in [5.41, 5.74) is 7.97. The molecule has 0 bridgehead atoms. The van der Waals surface area contributed by atoms with E-state index in [1.165, 1.54) is 24.3 Å². The van der Waals surface area contributed by atoms with Gasteiger partial charge in [0.15, 0.2) is 23.0 Å². The van der Waals surface area contributed by atoms with Crippen LogP contribution >= 0.6 is 0 Å². The standard InChI is InChI=1S/2C25H23NO5/c2*1-29-23-16-21(17-24(30-2)25(23)31-3)11-10-19-6-4-18(5-7-19)8-9-20-12-14-22(15-13-20)26(27)28/h2*4-17H,1-3H3/b2*9-8+,11-10+. The van der Waals surface area contributed by atoms with Gasteiger partial charge in [0.1, 0.15) is 0 Å². The summed E-state index contributed by atoms with van der Waals surface area (Å²) in [5.74, 6) is 3.54. The summed E-state index contributed by atoms with van der Waals surface area (Å²) >= 11 is 0. The highest BCUT2D eigenvalue weighted by Gasteiger charge is 2.13. The molecule has 6 aromatic rings. The predicted molar refractivity (Wildman–Crippen MR) is 247 cm³/mol. The number of hydrogen-bond acceptors (Lipinski definition) is 10. The Hall–Kier alpha value is -8.12. The fourth-order valence-corrected chi connectivity index (χ4v) is 6.02. The maximum absolute atomic E-state index is 10.7. The average molecular weight is 835 g/mol. The molecule has 0 saturated carbocycles. The Morgan fingerprint density at radius 1 is 0.323 bits per heavy atom. The van der Waals surface area contributed by atoms with Crippen LogP contribution in [0.15, 0.2) is 121 Å². The number of methoxy groups -OCH3 is 6. The van der Waals surface area contributed by atoms with Crippen LogP contribution in [0.5, 0.6) is 34.5 Å². The van der Waals surface area contributed by atoms with Gasteiger partial charge in [0, 0.05) is 24.3 Å². The Balaban J connectivity index is 0.000000234. The topological polar surface area (TPSA) is 142 Å². The number of hydrogen-bond donors (Lipinski definition) is 0. The molecule has 6 rings (SSSR count). The summed E-state index contributed by atoms with van der Waals surface area (Å²) in [6.07, 6.45) is 15.7. The van der Waals surface area contributed by atoms with Crippen molar-refractivity contribution in [2.75, 3.05) is 42.7 Å². The molecular formula is C50H46N2O10. The number of ether oxygens (including phenoxy) is 6. The number of non-ortho nitro benzene ring substituents is 2. The third-order valence-corrected chi connectivity index (χ3v) is 9.33. The minimum atomic E-state index is -0.405. The van der Waals surface area contributed by atoms with Gasteiger partial charge in [0.2, 0.25) is 11.5 Å². The summed E-state index contributed by atoms with van der Waals surface area (Å²) in [6.45, 7) is 0. The molecule has 0 unspecified atom stereocenters. The summed E-state index contributed by atoms with van der Waals surface area (Å²) in [5, 5.41) is 21.4. The molecule has 12 heteroatoms. The predicted octanol–water partition coefficient (Wildman–Crippen LogP) is 11.9. The highest BCUT2D eigenvalue weighted by atomic mass is 16.6. The van der Waals surface area contributed by atoms with Crippen molar-refractivity contribution in [1.82, 2.24) is 0 Å². The van der Waals surface area contributed by atoms with E-state index in [4.69, 9.17) is 28.4 Å². The van der Waals surface area contributed by atoms with Gasteiger partial charge in [-0.25, -0.2) is 0 Å². The van der Waals surface area contributed by atoms with Gasteiger partial charge in [-0.1, -0.05) is 97.1 Å². The van der Waals surface area contributed by atoms with E-state index in [9.17, 15) is 20.2 Å². The lowest BCUT2D eigenvalue weighted by molar-refractivity contribution is -0.385. The van der Waals surface area contributed by atoms with Crippen molar-refractivity contribution < 1.29 is 38.3 Å². The van der Waals surface area contributed by atoms with Crippen LogP contribution in [0.3, 0.4) is 0 Å². The van der Waals surface area contributed by atoms with Crippen LogP contribution in [0.25, 0.3) is 48.6 Å². The second-order valence-corrected chi connectivity index (χ2v) is 13.3. The Morgan fingerprint density at radius 3 is 0.694 bits per heavy atom. The molecule has 0 saturated heterocycles. The molecule has 0 radical (unpaired) electrons. The van der Waals surface area contributed by atoms with Crippen molar-refractivity contribution in [3.05, 3.63) is 186 Å². The van der Waals surface area contributed by atoms with Gasteiger partial charge in [0.05, 0.1) is 52.5 Å². The maximum Gasteiger partial charge on any atom is 0.269 e. The maximum atomic E-state index is 10.7. The van der Waals surface area contributed by atoms with E-state index < -0.39 is 9.85 Å². The van der Waals surface area contributed by atoms with Crippen molar-refractivity contribution in [2.24, 2.45) is 0 Å². The molecule has 6 aromatic carbocycles. The number of nitro benzene ring substituents is 2. The van der Waals surface area contributed by atoms with Gasteiger partial charge >= 0.3 is 0 Å². The minimum Gasteiger partial charge on any atom is -0.493 e. The molecule has 0 fully saturated rings. The Labute approximate surface area is 360 Å². The first-order chi connectivity index (χ1) is 30.1. The number of benzene rings is 6. The molecule has 0 heterocycles. The van der Waals surface area contributed by atoms with Crippen LogP contribution < -0.4 is 28.4 Å². The first-order valence-electron chi connectivity index (χ1n) is 19.1. The lowest BCUT2D eigenvalue weighted by atomic mass is 10.1. The lowest BCUT2D eigenvalue weighted by Gasteiger charge is -2.12. The summed E-state index contributed by atoms with van der Waals surface area (Å²) in [7, 11) is 9.52. The monoisotopic (exact) mass is 834 g/mol. The molecule has 0 aliphatic heterocycles. The van der Waals surface area contributed by atoms with Crippen LogP contribution in [0, 0.1) is 20.2 Å². The van der Waals surface area contributed by atoms with E-state index in [0.717, 1.165) is 44.5 Å². The van der Waals surface area contributed by atoms with Gasteiger partial charge in [-0.3, -0.25) is 20.2 Å². The van der Waals surface area contributed by atoms with E-state index in [1.54, 1.807) is 66.9 Å². The molecule has 0 amide bonds. The van der Waals surface area contributed by atoms with E-state index >= 15 is 0 Å². The van der Waals surface area contributed by atoms with Gasteiger partial charge in [-0.05, 0) is 93.0 Å². The molecule has 0 N–H and O–H groups in total. The summed E-state index contributed by atoms with van der Waals surface area (Å²) in [4.78, 5) is 20.6. The van der Waals surface area contributed by atoms with Crippen molar-refractivity contribution in [2.45, 2.75) is 0 Å². The van der Waals surface area contributed by atoms with Gasteiger partial charge in [0.25, 0.3) is 11.4 Å². The molecule has 12 nitrogen and oxygen atoms in total. The van der Waals surface area contributed by atoms with Crippen molar-refractivity contribution >= 4 is 60.0 Å². The zero-order chi connectivity index (χ0) is 44.4. The van der Waals surface area contributed by atoms with Crippen LogP contribution in [0.4, 0.5) is 11.4 Å². The number of nitro groups is 2. The number of rotatable bonds is 16. The van der Waals surface area contributed by atoms with E-state index in [-0.39, 0.29) is 11.4 Å². The second-order valence-electron chi connectivity index (χ2n) is 13.3. The average Bonchev–Trinajstić information content (AvgIpc) is 3.31. The summed E-state index contributed by atoms with van der Waals surface area (Å²) < 4.78 is 32.3.